The van der Waals surface area contributed by atoms with Gasteiger partial charge >= 0.3 is 0 Å². The highest BCUT2D eigenvalue weighted by Gasteiger charge is 2.50. The van der Waals surface area contributed by atoms with E-state index in [0.29, 0.717) is 29.7 Å². The Morgan fingerprint density at radius 2 is 1.56 bits per heavy atom. The topological polar surface area (TPSA) is 24.1 Å². The lowest BCUT2D eigenvalue weighted by Gasteiger charge is -2.19. The third-order valence-corrected chi connectivity index (χ3v) is 7.45. The normalized spacial score (nSPS) is 28.9. The minimum Gasteiger partial charge on any atom is -0.384 e. The van der Waals surface area contributed by atoms with Gasteiger partial charge in [-0.2, -0.15) is 0 Å². The van der Waals surface area contributed by atoms with Gasteiger partial charge in [0.15, 0.2) is 0 Å². The van der Waals surface area contributed by atoms with Crippen LogP contribution in [0.4, 0.5) is 11.4 Å². The van der Waals surface area contributed by atoms with E-state index >= 15 is 0 Å². The fourth-order valence-electron chi connectivity index (χ4n) is 5.52. The van der Waals surface area contributed by atoms with Gasteiger partial charge in [0.2, 0.25) is 0 Å². The van der Waals surface area contributed by atoms with Crippen molar-refractivity contribution in [2.45, 2.75) is 12.5 Å². The second-order valence-electron chi connectivity index (χ2n) is 9.55. The van der Waals surface area contributed by atoms with E-state index in [1.54, 1.807) is 0 Å². The Labute approximate surface area is 189 Å². The van der Waals surface area contributed by atoms with Crippen LogP contribution >= 0.6 is 0 Å². The summed E-state index contributed by atoms with van der Waals surface area (Å²) >= 11 is 0. The van der Waals surface area contributed by atoms with Crippen molar-refractivity contribution >= 4 is 27.7 Å². The van der Waals surface area contributed by atoms with E-state index in [1.807, 2.05) is 0 Å². The van der Waals surface area contributed by atoms with Crippen LogP contribution in [0, 0.1) is 23.7 Å². The van der Waals surface area contributed by atoms with Gasteiger partial charge in [-0.15, -0.1) is 0 Å². The number of allylic oxidation sites excluding steroid dienone is 6. The second kappa shape index (κ2) is 7.00. The Bertz CT molecular complexity index is 1320. The lowest BCUT2D eigenvalue weighted by Crippen LogP contribution is -2.21. The standard InChI is InChI=1S/C30H26N2/c1-2-8-20-16-23(14-13-19(20)7-1)31-28-12-6-5-9-24(28)22-15-21-17-27(21)29(18-22)32-30-25-10-3-4-11-26(25)30/h1-16,18,21,25-27,30-32H,17H2. The van der Waals surface area contributed by atoms with Crippen LogP contribution in [0.2, 0.25) is 0 Å². The summed E-state index contributed by atoms with van der Waals surface area (Å²) < 4.78 is 0. The molecule has 0 aromatic heterocycles. The molecule has 32 heavy (non-hydrogen) atoms. The van der Waals surface area contributed by atoms with E-state index in [-0.39, 0.29) is 0 Å². The highest BCUT2D eigenvalue weighted by molar-refractivity contribution is 5.89. The van der Waals surface area contributed by atoms with Gasteiger partial charge in [0.05, 0.1) is 0 Å². The fraction of sp³-hybridized carbons (Fsp3) is 0.200. The minimum absolute atomic E-state index is 0.572. The molecule has 2 nitrogen and oxygen atoms in total. The molecule has 2 N–H and O–H groups in total. The van der Waals surface area contributed by atoms with Gasteiger partial charge in [0, 0.05) is 46.4 Å². The quantitative estimate of drug-likeness (QED) is 0.478. The van der Waals surface area contributed by atoms with Crippen molar-refractivity contribution in [3.8, 4) is 0 Å². The number of benzene rings is 3. The number of para-hydroxylation sites is 1. The first-order valence-corrected chi connectivity index (χ1v) is 11.7. The summed E-state index contributed by atoms with van der Waals surface area (Å²) in [5.74, 6) is 2.72. The van der Waals surface area contributed by atoms with Crippen molar-refractivity contribution < 1.29 is 0 Å². The summed E-state index contributed by atoms with van der Waals surface area (Å²) in [6.45, 7) is 0. The molecule has 0 amide bonds. The maximum atomic E-state index is 3.91. The molecule has 0 bridgehead atoms. The zero-order valence-electron chi connectivity index (χ0n) is 17.9. The van der Waals surface area contributed by atoms with E-state index in [2.05, 4.69) is 114 Å². The number of nitrogens with one attached hydrogen (secondary N) is 2. The Kier molecular flexibility index (Phi) is 3.96. The number of fused-ring (bicyclic) bond motifs is 3. The zero-order chi connectivity index (χ0) is 21.1. The zero-order valence-corrected chi connectivity index (χ0v) is 17.9. The van der Waals surface area contributed by atoms with Crippen LogP contribution in [0.15, 0.2) is 109 Å². The maximum absolute atomic E-state index is 3.91. The summed E-state index contributed by atoms with van der Waals surface area (Å²) in [4.78, 5) is 0. The first kappa shape index (κ1) is 18.1. The number of hydrogen-bond donors (Lipinski definition) is 2. The van der Waals surface area contributed by atoms with Gasteiger partial charge in [-0.25, -0.2) is 0 Å². The molecule has 4 aliphatic carbocycles. The van der Waals surface area contributed by atoms with Crippen LogP contribution in [-0.4, -0.2) is 6.04 Å². The molecule has 2 heteroatoms. The SMILES string of the molecule is C1=CC2C(C=C1)C2NC1=CC(c2ccccc2Nc2ccc3ccccc3c2)=CC2CC12. The molecule has 4 aliphatic rings. The van der Waals surface area contributed by atoms with Crippen molar-refractivity contribution in [3.63, 3.8) is 0 Å². The Balaban J connectivity index is 1.18. The van der Waals surface area contributed by atoms with Crippen LogP contribution in [0.5, 0.6) is 0 Å². The number of rotatable bonds is 5. The van der Waals surface area contributed by atoms with Crippen LogP contribution in [0.3, 0.4) is 0 Å². The summed E-state index contributed by atoms with van der Waals surface area (Å²) in [5, 5.41) is 10.1. The Hall–Kier alpha value is -3.52. The predicted octanol–water partition coefficient (Wildman–Crippen LogP) is 6.83. The molecule has 4 unspecified atom stereocenters. The minimum atomic E-state index is 0.572. The first-order valence-electron chi connectivity index (χ1n) is 11.7. The molecule has 156 valence electrons. The van der Waals surface area contributed by atoms with Gasteiger partial charge < -0.3 is 10.6 Å². The molecule has 2 saturated carbocycles. The molecule has 0 aliphatic heterocycles. The molecule has 2 fully saturated rings. The van der Waals surface area contributed by atoms with Gasteiger partial charge in [-0.1, -0.05) is 78.9 Å². The smallest absolute Gasteiger partial charge is 0.0463 e. The summed E-state index contributed by atoms with van der Waals surface area (Å²) in [5.41, 5.74) is 6.34. The fourth-order valence-corrected chi connectivity index (χ4v) is 5.52. The maximum Gasteiger partial charge on any atom is 0.0463 e. The third-order valence-electron chi connectivity index (χ3n) is 7.45. The Morgan fingerprint density at radius 3 is 2.44 bits per heavy atom. The number of anilines is 2. The predicted molar refractivity (Wildman–Crippen MR) is 134 cm³/mol. The van der Waals surface area contributed by atoms with Gasteiger partial charge in [0.25, 0.3) is 0 Å². The van der Waals surface area contributed by atoms with Crippen LogP contribution in [0.25, 0.3) is 16.3 Å². The summed E-state index contributed by atoms with van der Waals surface area (Å²) in [6, 6.07) is 24.4. The van der Waals surface area contributed by atoms with E-state index in [1.165, 1.54) is 34.0 Å². The van der Waals surface area contributed by atoms with Gasteiger partial charge in [-0.3, -0.25) is 0 Å². The highest BCUT2D eigenvalue weighted by atomic mass is 15.0. The molecule has 4 atom stereocenters. The van der Waals surface area contributed by atoms with E-state index in [4.69, 9.17) is 0 Å². The van der Waals surface area contributed by atoms with E-state index in [0.717, 1.165) is 11.4 Å². The summed E-state index contributed by atoms with van der Waals surface area (Å²) in [7, 11) is 0. The third kappa shape index (κ3) is 3.10. The lowest BCUT2D eigenvalue weighted by atomic mass is 9.96. The van der Waals surface area contributed by atoms with Crippen LogP contribution in [-0.2, 0) is 0 Å². The molecule has 3 aromatic rings. The highest BCUT2D eigenvalue weighted by Crippen LogP contribution is 2.52. The molecular weight excluding hydrogens is 388 g/mol. The largest absolute Gasteiger partial charge is 0.384 e. The van der Waals surface area contributed by atoms with Crippen molar-refractivity contribution in [1.82, 2.24) is 5.32 Å². The van der Waals surface area contributed by atoms with Crippen LogP contribution in [0.1, 0.15) is 12.0 Å². The van der Waals surface area contributed by atoms with Crippen LogP contribution < -0.4 is 10.6 Å². The Morgan fingerprint density at radius 1 is 0.781 bits per heavy atom. The molecule has 0 saturated heterocycles. The van der Waals surface area contributed by atoms with E-state index in [9.17, 15) is 0 Å². The molecular formula is C30H26N2. The molecule has 7 rings (SSSR count). The average Bonchev–Trinajstić information content (AvgIpc) is 3.75. The van der Waals surface area contributed by atoms with Crippen molar-refractivity contribution in [2.75, 3.05) is 5.32 Å². The van der Waals surface area contributed by atoms with Crippen molar-refractivity contribution in [2.24, 2.45) is 23.7 Å². The van der Waals surface area contributed by atoms with Crippen molar-refractivity contribution in [1.29, 1.82) is 0 Å². The molecule has 0 heterocycles. The van der Waals surface area contributed by atoms with Crippen molar-refractivity contribution in [3.05, 3.63) is 114 Å². The molecule has 0 radical (unpaired) electrons. The second-order valence-corrected chi connectivity index (χ2v) is 9.55. The average molecular weight is 415 g/mol. The number of hydrogen-bond acceptors (Lipinski definition) is 2. The van der Waals surface area contributed by atoms with E-state index < -0.39 is 0 Å². The van der Waals surface area contributed by atoms with Gasteiger partial charge in [0.1, 0.15) is 0 Å². The van der Waals surface area contributed by atoms with Gasteiger partial charge in [-0.05, 0) is 53.0 Å². The first-order chi connectivity index (χ1) is 15.8. The molecule has 0 spiro atoms. The lowest BCUT2D eigenvalue weighted by molar-refractivity contribution is 0.690. The molecule has 3 aromatic carbocycles. The summed E-state index contributed by atoms with van der Waals surface area (Å²) in [6.07, 6.45) is 15.3. The monoisotopic (exact) mass is 414 g/mol.